The van der Waals surface area contributed by atoms with Gasteiger partial charge in [-0.25, -0.2) is 9.59 Å². The summed E-state index contributed by atoms with van der Waals surface area (Å²) in [5.41, 5.74) is 0.719. The summed E-state index contributed by atoms with van der Waals surface area (Å²) in [6.45, 7) is 16.8. The second-order valence-corrected chi connectivity index (χ2v) is 27.9. The molecule has 8 atom stereocenters. The van der Waals surface area contributed by atoms with Crippen molar-refractivity contribution in [3.63, 3.8) is 0 Å². The number of carbonyl (C=O) groups excluding carboxylic acids is 3. The van der Waals surface area contributed by atoms with Crippen molar-refractivity contribution in [1.82, 2.24) is 5.32 Å². The molecule has 4 rings (SSSR count). The first-order valence-electron chi connectivity index (χ1n) is 30.4. The first-order valence-corrected chi connectivity index (χ1v) is 32.6. The van der Waals surface area contributed by atoms with E-state index in [1.807, 2.05) is 24.3 Å². The minimum absolute atomic E-state index is 0.0984. The largest absolute Gasteiger partial charge is 0.452 e. The van der Waals surface area contributed by atoms with Gasteiger partial charge in [-0.2, -0.15) is 0 Å². The SMILES string of the molecule is [2H]CC1(C)O[C@@H]2[C@H](O1)[C@@H](OC(=O)c1ccccc1)C(OC[C@H](NC(=O)CCCCCCCCCCCCCCC)[C@@H](C=CCCCCCCCCCCCCC)OC(=O)c1ccccc1)O[C@@H]2CO[Si](C)(C)C(C)(C)C. The van der Waals surface area contributed by atoms with Gasteiger partial charge in [0.15, 0.2) is 26.5 Å². The predicted molar refractivity (Wildman–Crippen MR) is 305 cm³/mol. The van der Waals surface area contributed by atoms with Crippen molar-refractivity contribution in [2.24, 2.45) is 0 Å². The lowest BCUT2D eigenvalue weighted by molar-refractivity contribution is -0.282. The molecule has 2 aliphatic heterocycles. The minimum Gasteiger partial charge on any atom is -0.452 e. The average Bonchev–Trinajstić information content (AvgIpc) is 3.81. The molecule has 2 unspecified atom stereocenters. The zero-order valence-corrected chi connectivity index (χ0v) is 49.1. The molecule has 0 spiro atoms. The normalized spacial score (nSPS) is 21.9. The third-order valence-corrected chi connectivity index (χ3v) is 19.8. The molecular formula is C63H103NO10Si. The van der Waals surface area contributed by atoms with E-state index in [1.165, 1.54) is 116 Å². The van der Waals surface area contributed by atoms with E-state index in [1.54, 1.807) is 55.5 Å². The summed E-state index contributed by atoms with van der Waals surface area (Å²) >= 11 is 0. The van der Waals surface area contributed by atoms with Crippen molar-refractivity contribution < 1.29 is 48.6 Å². The maximum atomic E-state index is 14.1. The fourth-order valence-electron chi connectivity index (χ4n) is 9.60. The van der Waals surface area contributed by atoms with E-state index in [2.05, 4.69) is 53.0 Å². The highest BCUT2D eigenvalue weighted by Gasteiger charge is 2.58. The van der Waals surface area contributed by atoms with Crippen LogP contribution in [0, 0.1) is 0 Å². The van der Waals surface area contributed by atoms with Crippen LogP contribution in [0.3, 0.4) is 0 Å². The quantitative estimate of drug-likeness (QED) is 0.0299. The monoisotopic (exact) mass is 1060 g/mol. The Hall–Kier alpha value is -3.39. The molecule has 0 radical (unpaired) electrons. The van der Waals surface area contributed by atoms with Crippen LogP contribution in [0.5, 0.6) is 0 Å². The van der Waals surface area contributed by atoms with Gasteiger partial charge in [0.1, 0.15) is 24.4 Å². The molecule has 2 aromatic carbocycles. The van der Waals surface area contributed by atoms with Crippen molar-refractivity contribution in [3.8, 4) is 0 Å². The van der Waals surface area contributed by atoms with Crippen LogP contribution in [0.15, 0.2) is 72.8 Å². The maximum Gasteiger partial charge on any atom is 0.338 e. The fourth-order valence-corrected chi connectivity index (χ4v) is 10.6. The molecule has 2 saturated heterocycles. The molecule has 75 heavy (non-hydrogen) atoms. The number of unbranched alkanes of at least 4 members (excludes halogenated alkanes) is 23. The topological polar surface area (TPSA) is 128 Å². The van der Waals surface area contributed by atoms with Gasteiger partial charge in [0.25, 0.3) is 0 Å². The van der Waals surface area contributed by atoms with E-state index in [0.717, 1.165) is 44.9 Å². The molecule has 2 heterocycles. The lowest BCUT2D eigenvalue weighted by Crippen LogP contribution is -2.61. The number of esters is 2. The molecular weight excluding hydrogens is 959 g/mol. The Balaban J connectivity index is 1.56. The van der Waals surface area contributed by atoms with Crippen LogP contribution in [0.4, 0.5) is 0 Å². The van der Waals surface area contributed by atoms with Crippen LogP contribution in [-0.4, -0.2) is 88.0 Å². The van der Waals surface area contributed by atoms with Crippen molar-refractivity contribution in [3.05, 3.63) is 83.9 Å². The highest BCUT2D eigenvalue weighted by atomic mass is 28.4. The van der Waals surface area contributed by atoms with Gasteiger partial charge in [0, 0.05) is 7.79 Å². The van der Waals surface area contributed by atoms with E-state index in [-0.39, 0.29) is 31.1 Å². The van der Waals surface area contributed by atoms with Gasteiger partial charge in [0.2, 0.25) is 5.91 Å². The van der Waals surface area contributed by atoms with E-state index in [4.69, 9.17) is 34.2 Å². The minimum atomic E-state index is -2.31. The van der Waals surface area contributed by atoms with E-state index >= 15 is 0 Å². The number of ether oxygens (including phenoxy) is 6. The predicted octanol–water partition coefficient (Wildman–Crippen LogP) is 15.9. The van der Waals surface area contributed by atoms with Crippen molar-refractivity contribution in [1.29, 1.82) is 0 Å². The lowest BCUT2D eigenvalue weighted by atomic mass is 9.99. The Morgan fingerprint density at radius 2 is 1.17 bits per heavy atom. The molecule has 1 N–H and O–H groups in total. The number of benzene rings is 2. The number of amides is 1. The standard InChI is InChI=1S/C63H103NO10Si/c1-10-12-14-16-18-20-22-24-26-28-30-32-40-46-53(70-59(66)50-42-36-34-37-43-50)52(64-55(65)47-41-33-31-29-27-25-23-21-19-17-15-13-11-2)48-68-61-58(72-60(67)51-44-38-35-39-45-51)57-56(73-63(6,7)74-57)54(71-61)49-69-75(8,9)62(3,4)5/h34-40,42-46,52-54,56-58,61H,10-33,41,47-49H2,1-9H3,(H,64,65)/t52-,53+,54+,56-,57-,58+,61?/m0/s1/i6D/t52-,53+,54+,56-,57-,58+,61?,63?. The first kappa shape index (κ1) is 62.4. The van der Waals surface area contributed by atoms with Gasteiger partial charge in [-0.1, -0.05) is 218 Å². The average molecular weight is 1060 g/mol. The molecule has 0 aromatic heterocycles. The number of nitrogens with one attached hydrogen (secondary N) is 1. The van der Waals surface area contributed by atoms with Crippen molar-refractivity contribution in [2.45, 2.75) is 282 Å². The van der Waals surface area contributed by atoms with Crippen LogP contribution in [0.25, 0.3) is 0 Å². The summed E-state index contributed by atoms with van der Waals surface area (Å²) in [4.78, 5) is 42.0. The Bertz CT molecular complexity index is 1910. The van der Waals surface area contributed by atoms with E-state index in [9.17, 15) is 14.4 Å². The number of fused-ring (bicyclic) bond motifs is 1. The molecule has 12 heteroatoms. The van der Waals surface area contributed by atoms with Gasteiger partial charge in [-0.15, -0.1) is 0 Å². The zero-order valence-electron chi connectivity index (χ0n) is 49.1. The molecule has 2 aliphatic rings. The van der Waals surface area contributed by atoms with E-state index < -0.39 is 68.9 Å². The highest BCUT2D eigenvalue weighted by molar-refractivity contribution is 6.74. The van der Waals surface area contributed by atoms with Crippen LogP contribution in [-0.2, 0) is 37.6 Å². The first-order chi connectivity index (χ1) is 36.6. The Morgan fingerprint density at radius 3 is 1.68 bits per heavy atom. The molecule has 2 fully saturated rings. The second-order valence-electron chi connectivity index (χ2n) is 23.1. The highest BCUT2D eigenvalue weighted by Crippen LogP contribution is 2.42. The summed E-state index contributed by atoms with van der Waals surface area (Å²) in [7, 11) is -2.31. The number of hydrogen-bond acceptors (Lipinski definition) is 10. The Kier molecular flexibility index (Phi) is 29.3. The number of carbonyl (C=O) groups is 3. The fraction of sp³-hybridized carbons (Fsp3) is 0.730. The third-order valence-electron chi connectivity index (χ3n) is 15.3. The molecule has 424 valence electrons. The molecule has 0 saturated carbocycles. The summed E-state index contributed by atoms with van der Waals surface area (Å²) in [6, 6.07) is 16.7. The lowest BCUT2D eigenvalue weighted by Gasteiger charge is -2.43. The van der Waals surface area contributed by atoms with Gasteiger partial charge in [-0.3, -0.25) is 4.79 Å². The van der Waals surface area contributed by atoms with E-state index in [0.29, 0.717) is 17.5 Å². The maximum absolute atomic E-state index is 14.1. The zero-order chi connectivity index (χ0) is 55.1. The summed E-state index contributed by atoms with van der Waals surface area (Å²) in [5.74, 6) is -2.63. The number of allylic oxidation sites excluding steroid dienone is 1. The molecule has 0 bridgehead atoms. The van der Waals surface area contributed by atoms with Crippen LogP contribution < -0.4 is 5.32 Å². The summed E-state index contributed by atoms with van der Waals surface area (Å²) in [6.07, 6.45) is 28.6. The number of hydrogen-bond donors (Lipinski definition) is 1. The molecule has 2 aromatic rings. The second kappa shape index (κ2) is 35.2. The van der Waals surface area contributed by atoms with Gasteiger partial charge < -0.3 is 38.2 Å². The third kappa shape index (κ3) is 24.4. The van der Waals surface area contributed by atoms with Crippen LogP contribution in [0.1, 0.15) is 237 Å². The Labute approximate surface area is 457 Å². The Morgan fingerprint density at radius 1 is 0.693 bits per heavy atom. The molecule has 1 amide bonds. The van der Waals surface area contributed by atoms with Gasteiger partial charge in [0.05, 0.1) is 30.4 Å². The summed E-state index contributed by atoms with van der Waals surface area (Å²) < 4.78 is 54.4. The summed E-state index contributed by atoms with van der Waals surface area (Å²) in [5, 5.41) is 3.12. The van der Waals surface area contributed by atoms with Gasteiger partial charge >= 0.3 is 11.9 Å². The smallest absolute Gasteiger partial charge is 0.338 e. The van der Waals surface area contributed by atoms with Gasteiger partial charge in [-0.05, 0) is 81.6 Å². The molecule has 0 aliphatic carbocycles. The number of rotatable bonds is 39. The van der Waals surface area contributed by atoms with Crippen molar-refractivity contribution >= 4 is 26.2 Å². The van der Waals surface area contributed by atoms with Crippen LogP contribution >= 0.6 is 0 Å². The molecule has 11 nitrogen and oxygen atoms in total. The van der Waals surface area contributed by atoms with Crippen LogP contribution in [0.2, 0.25) is 18.1 Å². The van der Waals surface area contributed by atoms with Crippen molar-refractivity contribution in [2.75, 3.05) is 13.2 Å².